The van der Waals surface area contributed by atoms with E-state index in [1.807, 2.05) is 0 Å². The van der Waals surface area contributed by atoms with Crippen LogP contribution in [0.25, 0.3) is 0 Å². The molecule has 0 unspecified atom stereocenters. The molecule has 18 heavy (non-hydrogen) atoms. The van der Waals surface area contributed by atoms with Gasteiger partial charge in [-0.15, -0.1) is 11.3 Å². The zero-order valence-electron chi connectivity index (χ0n) is 10.5. The quantitative estimate of drug-likeness (QED) is 0.778. The SMILES string of the molecule is NCCc1ccccc1COCCc1cccs1. The van der Waals surface area contributed by atoms with Crippen molar-refractivity contribution in [3.8, 4) is 0 Å². The number of hydrogen-bond acceptors (Lipinski definition) is 3. The van der Waals surface area contributed by atoms with Crippen LogP contribution in [0.5, 0.6) is 0 Å². The second kappa shape index (κ2) is 7.31. The molecule has 96 valence electrons. The van der Waals surface area contributed by atoms with Crippen LogP contribution in [0, 0.1) is 0 Å². The minimum atomic E-state index is 0.682. The third-order valence-corrected chi connectivity index (χ3v) is 3.80. The summed E-state index contributed by atoms with van der Waals surface area (Å²) >= 11 is 1.78. The van der Waals surface area contributed by atoms with Crippen LogP contribution in [0.4, 0.5) is 0 Å². The Kier molecular flexibility index (Phi) is 5.39. The Bertz CT molecular complexity index is 453. The van der Waals surface area contributed by atoms with Gasteiger partial charge in [0.15, 0.2) is 0 Å². The number of ether oxygens (including phenoxy) is 1. The summed E-state index contributed by atoms with van der Waals surface area (Å²) in [6, 6.07) is 12.6. The lowest BCUT2D eigenvalue weighted by molar-refractivity contribution is 0.124. The molecule has 0 spiro atoms. The van der Waals surface area contributed by atoms with E-state index >= 15 is 0 Å². The number of benzene rings is 1. The summed E-state index contributed by atoms with van der Waals surface area (Å²) in [5.74, 6) is 0. The first-order chi connectivity index (χ1) is 8.90. The average Bonchev–Trinajstić information content (AvgIpc) is 2.90. The van der Waals surface area contributed by atoms with Crippen LogP contribution in [0.1, 0.15) is 16.0 Å². The van der Waals surface area contributed by atoms with E-state index in [9.17, 15) is 0 Å². The van der Waals surface area contributed by atoms with Gasteiger partial charge in [-0.2, -0.15) is 0 Å². The largest absolute Gasteiger partial charge is 0.376 e. The van der Waals surface area contributed by atoms with E-state index in [1.54, 1.807) is 11.3 Å². The maximum Gasteiger partial charge on any atom is 0.0719 e. The highest BCUT2D eigenvalue weighted by molar-refractivity contribution is 7.09. The lowest BCUT2D eigenvalue weighted by Crippen LogP contribution is -2.06. The third kappa shape index (κ3) is 3.95. The molecule has 0 fully saturated rings. The van der Waals surface area contributed by atoms with Crippen LogP contribution >= 0.6 is 11.3 Å². The average molecular weight is 261 g/mol. The van der Waals surface area contributed by atoms with Crippen LogP contribution in [-0.4, -0.2) is 13.2 Å². The molecule has 2 rings (SSSR count). The van der Waals surface area contributed by atoms with Gasteiger partial charge in [0.05, 0.1) is 13.2 Å². The van der Waals surface area contributed by atoms with Crippen LogP contribution in [0.15, 0.2) is 41.8 Å². The summed E-state index contributed by atoms with van der Waals surface area (Å²) in [5, 5.41) is 2.10. The van der Waals surface area contributed by atoms with E-state index in [4.69, 9.17) is 10.5 Å². The summed E-state index contributed by atoms with van der Waals surface area (Å²) in [5.41, 5.74) is 8.17. The molecule has 2 aromatic rings. The van der Waals surface area contributed by atoms with E-state index in [2.05, 4.69) is 41.8 Å². The van der Waals surface area contributed by atoms with Gasteiger partial charge >= 0.3 is 0 Å². The molecule has 2 nitrogen and oxygen atoms in total. The summed E-state index contributed by atoms with van der Waals surface area (Å²) in [6.45, 7) is 2.14. The minimum Gasteiger partial charge on any atom is -0.376 e. The highest BCUT2D eigenvalue weighted by atomic mass is 32.1. The van der Waals surface area contributed by atoms with E-state index in [1.165, 1.54) is 16.0 Å². The first-order valence-corrected chi connectivity index (χ1v) is 7.15. The molecule has 0 atom stereocenters. The molecule has 0 bridgehead atoms. The second-order valence-corrected chi connectivity index (χ2v) is 5.22. The van der Waals surface area contributed by atoms with Gasteiger partial charge in [-0.25, -0.2) is 0 Å². The van der Waals surface area contributed by atoms with Gasteiger partial charge in [0.2, 0.25) is 0 Å². The van der Waals surface area contributed by atoms with Crippen molar-refractivity contribution in [2.24, 2.45) is 5.73 Å². The topological polar surface area (TPSA) is 35.2 Å². The van der Waals surface area contributed by atoms with Gasteiger partial charge in [0.25, 0.3) is 0 Å². The molecule has 0 amide bonds. The van der Waals surface area contributed by atoms with E-state index in [0.717, 1.165) is 19.4 Å². The van der Waals surface area contributed by atoms with Gasteiger partial charge in [-0.1, -0.05) is 30.3 Å². The number of nitrogens with two attached hydrogens (primary N) is 1. The predicted molar refractivity (Wildman–Crippen MR) is 76.9 cm³/mol. The zero-order chi connectivity index (χ0) is 12.6. The molecular weight excluding hydrogens is 242 g/mol. The Balaban J connectivity index is 1.79. The first kappa shape index (κ1) is 13.3. The fraction of sp³-hybridized carbons (Fsp3) is 0.333. The van der Waals surface area contributed by atoms with Gasteiger partial charge in [0, 0.05) is 11.3 Å². The van der Waals surface area contributed by atoms with Gasteiger partial charge < -0.3 is 10.5 Å². The summed E-state index contributed by atoms with van der Waals surface area (Å²) in [4.78, 5) is 1.38. The maximum absolute atomic E-state index is 5.75. The van der Waals surface area contributed by atoms with Crippen molar-refractivity contribution >= 4 is 11.3 Å². The van der Waals surface area contributed by atoms with E-state index in [0.29, 0.717) is 13.2 Å². The molecule has 3 heteroatoms. The predicted octanol–water partition coefficient (Wildman–Crippen LogP) is 3.01. The van der Waals surface area contributed by atoms with Crippen molar-refractivity contribution in [3.63, 3.8) is 0 Å². The Labute approximate surface area is 112 Å². The standard InChI is InChI=1S/C15H19NOS/c16-9-7-13-4-1-2-5-14(13)12-17-10-8-15-6-3-11-18-15/h1-6,11H,7-10,12,16H2. The lowest BCUT2D eigenvalue weighted by Gasteiger charge is -2.09. The van der Waals surface area contributed by atoms with Gasteiger partial charge in [0.1, 0.15) is 0 Å². The minimum absolute atomic E-state index is 0.682. The van der Waals surface area contributed by atoms with Crippen molar-refractivity contribution in [2.75, 3.05) is 13.2 Å². The number of rotatable bonds is 7. The Hall–Kier alpha value is -1.16. The Morgan fingerprint density at radius 1 is 1.00 bits per heavy atom. The smallest absolute Gasteiger partial charge is 0.0719 e. The molecule has 0 aliphatic heterocycles. The fourth-order valence-corrected chi connectivity index (χ4v) is 2.60. The number of hydrogen-bond donors (Lipinski definition) is 1. The molecule has 0 aliphatic rings. The highest BCUT2D eigenvalue weighted by Crippen LogP contribution is 2.12. The highest BCUT2D eigenvalue weighted by Gasteiger charge is 2.01. The molecular formula is C15H19NOS. The summed E-state index contributed by atoms with van der Waals surface area (Å²) < 4.78 is 5.75. The van der Waals surface area contributed by atoms with Gasteiger partial charge in [-0.3, -0.25) is 0 Å². The molecule has 0 aliphatic carbocycles. The van der Waals surface area contributed by atoms with Crippen LogP contribution in [0.2, 0.25) is 0 Å². The molecule has 0 saturated heterocycles. The Morgan fingerprint density at radius 3 is 2.56 bits per heavy atom. The maximum atomic E-state index is 5.75. The molecule has 0 radical (unpaired) electrons. The third-order valence-electron chi connectivity index (χ3n) is 2.86. The number of thiophene rings is 1. The van der Waals surface area contributed by atoms with Crippen molar-refractivity contribution < 1.29 is 4.74 Å². The summed E-state index contributed by atoms with van der Waals surface area (Å²) in [7, 11) is 0. The van der Waals surface area contributed by atoms with Crippen molar-refractivity contribution in [3.05, 3.63) is 57.8 Å². The molecule has 2 N–H and O–H groups in total. The monoisotopic (exact) mass is 261 g/mol. The van der Waals surface area contributed by atoms with Crippen LogP contribution in [0.3, 0.4) is 0 Å². The normalized spacial score (nSPS) is 10.7. The zero-order valence-corrected chi connectivity index (χ0v) is 11.3. The lowest BCUT2D eigenvalue weighted by atomic mass is 10.1. The van der Waals surface area contributed by atoms with E-state index in [-0.39, 0.29) is 0 Å². The second-order valence-electron chi connectivity index (χ2n) is 4.19. The van der Waals surface area contributed by atoms with Gasteiger partial charge in [-0.05, 0) is 35.5 Å². The first-order valence-electron chi connectivity index (χ1n) is 6.27. The molecule has 1 heterocycles. The van der Waals surface area contributed by atoms with Crippen LogP contribution < -0.4 is 5.73 Å². The molecule has 1 aromatic heterocycles. The van der Waals surface area contributed by atoms with Crippen molar-refractivity contribution in [2.45, 2.75) is 19.4 Å². The van der Waals surface area contributed by atoms with E-state index < -0.39 is 0 Å². The van der Waals surface area contributed by atoms with Crippen molar-refractivity contribution in [1.82, 2.24) is 0 Å². The van der Waals surface area contributed by atoms with Crippen molar-refractivity contribution in [1.29, 1.82) is 0 Å². The summed E-state index contributed by atoms with van der Waals surface area (Å²) in [6.07, 6.45) is 1.92. The molecule has 0 saturated carbocycles. The Morgan fingerprint density at radius 2 is 1.83 bits per heavy atom. The van der Waals surface area contributed by atoms with Crippen LogP contribution in [-0.2, 0) is 24.2 Å². The molecule has 1 aromatic carbocycles. The fourth-order valence-electron chi connectivity index (χ4n) is 1.91.